The van der Waals surface area contributed by atoms with Gasteiger partial charge in [0.15, 0.2) is 11.4 Å². The molecule has 1 aromatic heterocycles. The molecule has 21 heavy (non-hydrogen) atoms. The van der Waals surface area contributed by atoms with Gasteiger partial charge in [-0.25, -0.2) is 4.98 Å². The highest BCUT2D eigenvalue weighted by molar-refractivity contribution is 7.99. The van der Waals surface area contributed by atoms with Gasteiger partial charge in [0, 0.05) is 16.5 Å². The maximum absolute atomic E-state index is 10.8. The third-order valence-corrected chi connectivity index (χ3v) is 4.18. The van der Waals surface area contributed by atoms with Crippen molar-refractivity contribution in [3.05, 3.63) is 47.0 Å². The molecule has 0 spiro atoms. The normalized spacial score (nSPS) is 10.8. The van der Waals surface area contributed by atoms with Crippen LogP contribution < -0.4 is 4.74 Å². The molecule has 0 amide bonds. The fourth-order valence-corrected chi connectivity index (χ4v) is 3.05. The van der Waals surface area contributed by atoms with E-state index in [0.29, 0.717) is 10.6 Å². The van der Waals surface area contributed by atoms with Crippen LogP contribution >= 0.6 is 23.4 Å². The van der Waals surface area contributed by atoms with Crippen molar-refractivity contribution >= 4 is 40.7 Å². The maximum atomic E-state index is 10.8. The summed E-state index contributed by atoms with van der Waals surface area (Å²) in [4.78, 5) is 19.4. The Morgan fingerprint density at radius 1 is 1.29 bits per heavy atom. The number of halogens is 1. The molecule has 6 heteroatoms. The van der Waals surface area contributed by atoms with Gasteiger partial charge in [0.25, 0.3) is 0 Å². The number of nitrogens with one attached hydrogen (secondary N) is 1. The van der Waals surface area contributed by atoms with Gasteiger partial charge in [0.05, 0.1) is 23.2 Å². The Labute approximate surface area is 130 Å². The van der Waals surface area contributed by atoms with Crippen molar-refractivity contribution in [3.63, 3.8) is 0 Å². The first kappa shape index (κ1) is 14.0. The molecule has 0 aliphatic rings. The van der Waals surface area contributed by atoms with Crippen molar-refractivity contribution in [2.45, 2.75) is 10.1 Å². The van der Waals surface area contributed by atoms with Crippen molar-refractivity contribution in [2.75, 3.05) is 7.11 Å². The second-order valence-electron chi connectivity index (χ2n) is 4.33. The SMILES string of the molecule is COc1ccc2nc(Sc3ccc(C=O)c(Cl)c3)[nH]c2c1. The molecule has 0 aliphatic heterocycles. The first-order chi connectivity index (χ1) is 10.2. The number of carbonyl (C=O) groups is 1. The molecule has 0 atom stereocenters. The zero-order valence-electron chi connectivity index (χ0n) is 11.1. The topological polar surface area (TPSA) is 55.0 Å². The third kappa shape index (κ3) is 2.89. The molecule has 2 aromatic carbocycles. The molecule has 1 heterocycles. The van der Waals surface area contributed by atoms with E-state index in [0.717, 1.165) is 33.1 Å². The molecule has 3 aromatic rings. The Kier molecular flexibility index (Phi) is 3.86. The van der Waals surface area contributed by atoms with Crippen LogP contribution in [-0.2, 0) is 0 Å². The quantitative estimate of drug-likeness (QED) is 0.733. The molecule has 106 valence electrons. The molecule has 0 bridgehead atoms. The van der Waals surface area contributed by atoms with Crippen molar-refractivity contribution in [1.82, 2.24) is 9.97 Å². The minimum atomic E-state index is 0.438. The van der Waals surface area contributed by atoms with E-state index in [1.54, 1.807) is 19.2 Å². The van der Waals surface area contributed by atoms with Crippen LogP contribution in [-0.4, -0.2) is 23.4 Å². The molecule has 4 nitrogen and oxygen atoms in total. The first-order valence-corrected chi connectivity index (χ1v) is 7.35. The lowest BCUT2D eigenvalue weighted by atomic mass is 10.2. The lowest BCUT2D eigenvalue weighted by molar-refractivity contribution is 0.112. The summed E-state index contributed by atoms with van der Waals surface area (Å²) in [5.74, 6) is 0.779. The Morgan fingerprint density at radius 2 is 2.14 bits per heavy atom. The van der Waals surface area contributed by atoms with Crippen molar-refractivity contribution in [2.24, 2.45) is 0 Å². The van der Waals surface area contributed by atoms with Crippen LogP contribution in [0, 0.1) is 0 Å². The minimum Gasteiger partial charge on any atom is -0.497 e. The van der Waals surface area contributed by atoms with Crippen LogP contribution in [0.5, 0.6) is 5.75 Å². The average molecular weight is 319 g/mol. The number of nitrogens with zero attached hydrogens (tertiary/aromatic N) is 1. The van der Waals surface area contributed by atoms with E-state index in [-0.39, 0.29) is 0 Å². The summed E-state index contributed by atoms with van der Waals surface area (Å²) in [5.41, 5.74) is 2.26. The molecule has 0 saturated heterocycles. The highest BCUT2D eigenvalue weighted by Crippen LogP contribution is 2.30. The Morgan fingerprint density at radius 3 is 2.86 bits per heavy atom. The maximum Gasteiger partial charge on any atom is 0.171 e. The third-order valence-electron chi connectivity index (χ3n) is 2.98. The van der Waals surface area contributed by atoms with Crippen LogP contribution in [0.1, 0.15) is 10.4 Å². The van der Waals surface area contributed by atoms with Crippen molar-refractivity contribution in [3.8, 4) is 5.75 Å². The molecule has 3 rings (SSSR count). The minimum absolute atomic E-state index is 0.438. The van der Waals surface area contributed by atoms with E-state index >= 15 is 0 Å². The van der Waals surface area contributed by atoms with E-state index < -0.39 is 0 Å². The van der Waals surface area contributed by atoms with Crippen LogP contribution in [0.4, 0.5) is 0 Å². The molecule has 0 fully saturated rings. The Hall–Kier alpha value is -1.98. The summed E-state index contributed by atoms with van der Waals surface area (Å²) in [6, 6.07) is 11.0. The summed E-state index contributed by atoms with van der Waals surface area (Å²) >= 11 is 7.47. The van der Waals surface area contributed by atoms with E-state index in [1.165, 1.54) is 11.8 Å². The summed E-state index contributed by atoms with van der Waals surface area (Å²) < 4.78 is 5.19. The predicted octanol–water partition coefficient (Wildman–Crippen LogP) is 4.19. The van der Waals surface area contributed by atoms with Gasteiger partial charge in [0.2, 0.25) is 0 Å². The lowest BCUT2D eigenvalue weighted by Gasteiger charge is -2.00. The van der Waals surface area contributed by atoms with Crippen molar-refractivity contribution < 1.29 is 9.53 Å². The van der Waals surface area contributed by atoms with Gasteiger partial charge in [-0.3, -0.25) is 4.79 Å². The monoisotopic (exact) mass is 318 g/mol. The molecular formula is C15H11ClN2O2S. The van der Waals surface area contributed by atoms with Crippen LogP contribution in [0.3, 0.4) is 0 Å². The Bertz CT molecular complexity index is 817. The fourth-order valence-electron chi connectivity index (χ4n) is 1.92. The van der Waals surface area contributed by atoms with Gasteiger partial charge in [0.1, 0.15) is 5.75 Å². The number of H-pyrrole nitrogens is 1. The van der Waals surface area contributed by atoms with Crippen molar-refractivity contribution in [1.29, 1.82) is 0 Å². The average Bonchev–Trinajstić information content (AvgIpc) is 2.88. The number of carbonyl (C=O) groups excluding carboxylic acids is 1. The molecule has 0 radical (unpaired) electrons. The number of aldehydes is 1. The number of aromatic amines is 1. The smallest absolute Gasteiger partial charge is 0.171 e. The van der Waals surface area contributed by atoms with Gasteiger partial charge in [-0.1, -0.05) is 23.4 Å². The zero-order valence-corrected chi connectivity index (χ0v) is 12.7. The number of fused-ring (bicyclic) bond motifs is 1. The second kappa shape index (κ2) is 5.79. The van der Waals surface area contributed by atoms with Gasteiger partial charge in [-0.2, -0.15) is 0 Å². The van der Waals surface area contributed by atoms with E-state index in [9.17, 15) is 4.79 Å². The zero-order chi connectivity index (χ0) is 14.8. The highest BCUT2D eigenvalue weighted by Gasteiger charge is 2.07. The van der Waals surface area contributed by atoms with Gasteiger partial charge < -0.3 is 9.72 Å². The van der Waals surface area contributed by atoms with Crippen LogP contribution in [0.25, 0.3) is 11.0 Å². The summed E-state index contributed by atoms with van der Waals surface area (Å²) in [6.45, 7) is 0. The standard InChI is InChI=1S/C15H11ClN2O2S/c1-20-10-3-5-13-14(6-10)18-15(17-13)21-11-4-2-9(8-19)12(16)7-11/h2-8H,1H3,(H,17,18). The molecule has 0 saturated carbocycles. The first-order valence-electron chi connectivity index (χ1n) is 6.16. The van der Waals surface area contributed by atoms with Gasteiger partial charge in [-0.15, -0.1) is 0 Å². The molecule has 1 N–H and O–H groups in total. The number of imidazole rings is 1. The van der Waals surface area contributed by atoms with E-state index in [2.05, 4.69) is 9.97 Å². The number of hydrogen-bond donors (Lipinski definition) is 1. The van der Waals surface area contributed by atoms with Crippen LogP contribution in [0.15, 0.2) is 46.5 Å². The van der Waals surface area contributed by atoms with Gasteiger partial charge >= 0.3 is 0 Å². The second-order valence-corrected chi connectivity index (χ2v) is 5.80. The molecule has 0 aliphatic carbocycles. The Balaban J connectivity index is 1.90. The van der Waals surface area contributed by atoms with Crippen LogP contribution in [0.2, 0.25) is 5.02 Å². The largest absolute Gasteiger partial charge is 0.497 e. The summed E-state index contributed by atoms with van der Waals surface area (Å²) in [7, 11) is 1.63. The predicted molar refractivity (Wildman–Crippen MR) is 83.6 cm³/mol. The van der Waals surface area contributed by atoms with E-state index in [4.69, 9.17) is 16.3 Å². The summed E-state index contributed by atoms with van der Waals surface area (Å²) in [6.07, 6.45) is 0.740. The highest BCUT2D eigenvalue weighted by atomic mass is 35.5. The van der Waals surface area contributed by atoms with E-state index in [1.807, 2.05) is 24.3 Å². The lowest BCUT2D eigenvalue weighted by Crippen LogP contribution is -1.83. The number of aromatic nitrogens is 2. The number of rotatable bonds is 4. The number of hydrogen-bond acceptors (Lipinski definition) is 4. The molecular weight excluding hydrogens is 308 g/mol. The molecule has 0 unspecified atom stereocenters. The number of ether oxygens (including phenoxy) is 1. The number of benzene rings is 2. The van der Waals surface area contributed by atoms with Gasteiger partial charge in [-0.05, 0) is 30.3 Å². The number of methoxy groups -OCH3 is 1. The summed E-state index contributed by atoms with van der Waals surface area (Å²) in [5, 5.41) is 1.20. The fraction of sp³-hybridized carbons (Fsp3) is 0.0667.